The predicted molar refractivity (Wildman–Crippen MR) is 89.0 cm³/mol. The standard InChI is InChI=1S/C16H26N2O2.ClH/c1-12(2)15(17)8-9-18(3)16(19)11-13-6-5-7-14(10-13)20-4;/h5-7,10,12,15H,8-9,11,17H2,1-4H3;1H. The van der Waals surface area contributed by atoms with Crippen molar-refractivity contribution in [1.82, 2.24) is 4.90 Å². The molecule has 5 heteroatoms. The Hall–Kier alpha value is -1.26. The highest BCUT2D eigenvalue weighted by molar-refractivity contribution is 5.85. The molecule has 1 amide bonds. The Labute approximate surface area is 134 Å². The van der Waals surface area contributed by atoms with E-state index in [1.165, 1.54) is 0 Å². The smallest absolute Gasteiger partial charge is 0.226 e. The van der Waals surface area contributed by atoms with Crippen LogP contribution in [-0.2, 0) is 11.2 Å². The van der Waals surface area contributed by atoms with Crippen molar-refractivity contribution in [1.29, 1.82) is 0 Å². The summed E-state index contributed by atoms with van der Waals surface area (Å²) in [5.74, 6) is 1.32. The van der Waals surface area contributed by atoms with Crippen molar-refractivity contribution in [2.45, 2.75) is 32.7 Å². The number of benzene rings is 1. The van der Waals surface area contributed by atoms with Crippen molar-refractivity contribution in [3.05, 3.63) is 29.8 Å². The predicted octanol–water partition coefficient (Wildman–Crippen LogP) is 2.49. The number of halogens is 1. The first-order chi connectivity index (χ1) is 9.43. The van der Waals surface area contributed by atoms with Gasteiger partial charge in [-0.05, 0) is 30.0 Å². The molecule has 0 saturated carbocycles. The van der Waals surface area contributed by atoms with Crippen LogP contribution in [0, 0.1) is 5.92 Å². The molecule has 1 rings (SSSR count). The molecule has 2 N–H and O–H groups in total. The summed E-state index contributed by atoms with van der Waals surface area (Å²) in [6.45, 7) is 4.90. The van der Waals surface area contributed by atoms with E-state index in [1.54, 1.807) is 12.0 Å². The van der Waals surface area contributed by atoms with Crippen molar-refractivity contribution in [2.24, 2.45) is 11.7 Å². The van der Waals surface area contributed by atoms with Crippen LogP contribution in [0.1, 0.15) is 25.8 Å². The number of carbonyl (C=O) groups excluding carboxylic acids is 1. The summed E-state index contributed by atoms with van der Waals surface area (Å²) in [5, 5.41) is 0. The third kappa shape index (κ3) is 6.82. The SMILES string of the molecule is COc1cccc(CC(=O)N(C)CCC(N)C(C)C)c1.Cl. The zero-order valence-corrected chi connectivity index (χ0v) is 14.2. The van der Waals surface area contributed by atoms with Gasteiger partial charge in [0.1, 0.15) is 5.75 Å². The molecule has 0 aromatic heterocycles. The van der Waals surface area contributed by atoms with Crippen LogP contribution in [0.3, 0.4) is 0 Å². The molecular formula is C16H27ClN2O2. The van der Waals surface area contributed by atoms with Gasteiger partial charge < -0.3 is 15.4 Å². The summed E-state index contributed by atoms with van der Waals surface area (Å²) in [5.41, 5.74) is 6.97. The van der Waals surface area contributed by atoms with Gasteiger partial charge in [0.2, 0.25) is 5.91 Å². The van der Waals surface area contributed by atoms with Crippen LogP contribution < -0.4 is 10.5 Å². The minimum Gasteiger partial charge on any atom is -0.497 e. The maximum Gasteiger partial charge on any atom is 0.226 e. The summed E-state index contributed by atoms with van der Waals surface area (Å²) in [6.07, 6.45) is 1.22. The Kier molecular flexibility index (Phi) is 9.06. The molecule has 0 heterocycles. The minimum atomic E-state index is 0. The van der Waals surface area contributed by atoms with Gasteiger partial charge in [0.15, 0.2) is 0 Å². The highest BCUT2D eigenvalue weighted by Crippen LogP contribution is 2.13. The molecule has 0 aliphatic rings. The summed E-state index contributed by atoms with van der Waals surface area (Å²) < 4.78 is 5.16. The van der Waals surface area contributed by atoms with E-state index < -0.39 is 0 Å². The number of hydrogen-bond acceptors (Lipinski definition) is 3. The van der Waals surface area contributed by atoms with Crippen LogP contribution in [-0.4, -0.2) is 37.6 Å². The molecule has 4 nitrogen and oxygen atoms in total. The lowest BCUT2D eigenvalue weighted by atomic mass is 10.0. The topological polar surface area (TPSA) is 55.6 Å². The summed E-state index contributed by atoms with van der Waals surface area (Å²) in [7, 11) is 3.45. The van der Waals surface area contributed by atoms with Gasteiger partial charge in [0, 0.05) is 19.6 Å². The zero-order valence-electron chi connectivity index (χ0n) is 13.3. The molecule has 0 aliphatic heterocycles. The largest absolute Gasteiger partial charge is 0.497 e. The van der Waals surface area contributed by atoms with Crippen LogP contribution >= 0.6 is 12.4 Å². The molecule has 0 spiro atoms. The lowest BCUT2D eigenvalue weighted by Crippen LogP contribution is -2.35. The summed E-state index contributed by atoms with van der Waals surface area (Å²) >= 11 is 0. The number of amides is 1. The van der Waals surface area contributed by atoms with Crippen molar-refractivity contribution in [3.8, 4) is 5.75 Å². The van der Waals surface area contributed by atoms with E-state index in [9.17, 15) is 4.79 Å². The zero-order chi connectivity index (χ0) is 15.1. The van der Waals surface area contributed by atoms with Gasteiger partial charge in [-0.15, -0.1) is 12.4 Å². The van der Waals surface area contributed by atoms with E-state index in [0.717, 1.165) is 17.7 Å². The Morgan fingerprint density at radius 3 is 2.62 bits per heavy atom. The Balaban J connectivity index is 0.00000400. The molecule has 21 heavy (non-hydrogen) atoms. The highest BCUT2D eigenvalue weighted by Gasteiger charge is 2.13. The van der Waals surface area contributed by atoms with Gasteiger partial charge in [-0.3, -0.25) is 4.79 Å². The monoisotopic (exact) mass is 314 g/mol. The Bertz CT molecular complexity index is 438. The molecule has 1 aromatic carbocycles. The maximum absolute atomic E-state index is 12.1. The van der Waals surface area contributed by atoms with E-state index >= 15 is 0 Å². The van der Waals surface area contributed by atoms with E-state index in [0.29, 0.717) is 18.9 Å². The normalized spacial score (nSPS) is 11.7. The molecule has 1 atom stereocenters. The lowest BCUT2D eigenvalue weighted by molar-refractivity contribution is -0.129. The molecule has 0 bridgehead atoms. The number of nitrogens with zero attached hydrogens (tertiary/aromatic N) is 1. The first kappa shape index (κ1) is 19.7. The third-order valence-electron chi connectivity index (χ3n) is 3.57. The van der Waals surface area contributed by atoms with Gasteiger partial charge in [-0.2, -0.15) is 0 Å². The fourth-order valence-electron chi connectivity index (χ4n) is 1.89. The fourth-order valence-corrected chi connectivity index (χ4v) is 1.89. The fraction of sp³-hybridized carbons (Fsp3) is 0.562. The van der Waals surface area contributed by atoms with Crippen LogP contribution in [0.4, 0.5) is 0 Å². The summed E-state index contributed by atoms with van der Waals surface area (Å²) in [6, 6.07) is 7.75. The quantitative estimate of drug-likeness (QED) is 0.841. The van der Waals surface area contributed by atoms with Gasteiger partial charge in [-0.25, -0.2) is 0 Å². The molecule has 0 radical (unpaired) electrons. The molecule has 120 valence electrons. The number of hydrogen-bond donors (Lipinski definition) is 1. The second kappa shape index (κ2) is 9.64. The Morgan fingerprint density at radius 2 is 2.05 bits per heavy atom. The lowest BCUT2D eigenvalue weighted by Gasteiger charge is -2.21. The molecule has 1 aromatic rings. The van der Waals surface area contributed by atoms with E-state index in [2.05, 4.69) is 13.8 Å². The van der Waals surface area contributed by atoms with Crippen molar-refractivity contribution < 1.29 is 9.53 Å². The van der Waals surface area contributed by atoms with Crippen LogP contribution in [0.25, 0.3) is 0 Å². The van der Waals surface area contributed by atoms with Crippen LogP contribution in [0.2, 0.25) is 0 Å². The number of methoxy groups -OCH3 is 1. The molecular weight excluding hydrogens is 288 g/mol. The third-order valence-corrected chi connectivity index (χ3v) is 3.57. The number of rotatable bonds is 7. The Morgan fingerprint density at radius 1 is 1.38 bits per heavy atom. The number of carbonyl (C=O) groups is 1. The summed E-state index contributed by atoms with van der Waals surface area (Å²) in [4.78, 5) is 13.9. The van der Waals surface area contributed by atoms with Gasteiger partial charge in [0.25, 0.3) is 0 Å². The van der Waals surface area contributed by atoms with Crippen molar-refractivity contribution >= 4 is 18.3 Å². The molecule has 0 saturated heterocycles. The van der Waals surface area contributed by atoms with Gasteiger partial charge in [-0.1, -0.05) is 26.0 Å². The van der Waals surface area contributed by atoms with E-state index in [4.69, 9.17) is 10.5 Å². The first-order valence-electron chi connectivity index (χ1n) is 7.06. The second-order valence-electron chi connectivity index (χ2n) is 5.54. The molecule has 0 aliphatic carbocycles. The van der Waals surface area contributed by atoms with E-state index in [-0.39, 0.29) is 24.4 Å². The minimum absolute atomic E-state index is 0. The van der Waals surface area contributed by atoms with Crippen molar-refractivity contribution in [3.63, 3.8) is 0 Å². The molecule has 1 unspecified atom stereocenters. The van der Waals surface area contributed by atoms with E-state index in [1.807, 2.05) is 31.3 Å². The highest BCUT2D eigenvalue weighted by atomic mass is 35.5. The van der Waals surface area contributed by atoms with Crippen LogP contribution in [0.15, 0.2) is 24.3 Å². The van der Waals surface area contributed by atoms with Gasteiger partial charge >= 0.3 is 0 Å². The molecule has 0 fully saturated rings. The van der Waals surface area contributed by atoms with Gasteiger partial charge in [0.05, 0.1) is 13.5 Å². The average Bonchev–Trinajstić information content (AvgIpc) is 2.44. The van der Waals surface area contributed by atoms with Crippen LogP contribution in [0.5, 0.6) is 5.75 Å². The number of nitrogens with two attached hydrogens (primary N) is 1. The number of ether oxygens (including phenoxy) is 1. The number of likely N-dealkylation sites (N-methyl/N-ethyl adjacent to an activating group) is 1. The van der Waals surface area contributed by atoms with Crippen molar-refractivity contribution in [2.75, 3.05) is 20.7 Å². The average molecular weight is 315 g/mol. The maximum atomic E-state index is 12.1. The first-order valence-corrected chi connectivity index (χ1v) is 7.06. The second-order valence-corrected chi connectivity index (χ2v) is 5.54.